The van der Waals surface area contributed by atoms with Crippen LogP contribution in [0.3, 0.4) is 0 Å². The first kappa shape index (κ1) is 14.6. The summed E-state index contributed by atoms with van der Waals surface area (Å²) in [6, 6.07) is 3.26. The SMILES string of the molecule is Cc1noc(C)c1CN1CC2CN(c3ccc(F)cn3)CC2C1. The summed E-state index contributed by atoms with van der Waals surface area (Å²) in [5.74, 6) is 2.85. The van der Waals surface area contributed by atoms with Crippen LogP contribution in [-0.4, -0.2) is 41.2 Å². The number of nitrogens with zero attached hydrogens (tertiary/aromatic N) is 4. The second kappa shape index (κ2) is 5.60. The Balaban J connectivity index is 1.39. The predicted molar refractivity (Wildman–Crippen MR) is 84.6 cm³/mol. The average molecular weight is 316 g/mol. The summed E-state index contributed by atoms with van der Waals surface area (Å²) in [5, 5.41) is 4.04. The Morgan fingerprint density at radius 2 is 1.91 bits per heavy atom. The van der Waals surface area contributed by atoms with Gasteiger partial charge in [0.15, 0.2) is 0 Å². The Bertz CT molecular complexity index is 666. The van der Waals surface area contributed by atoms with Crippen molar-refractivity contribution in [3.63, 3.8) is 0 Å². The van der Waals surface area contributed by atoms with E-state index in [-0.39, 0.29) is 5.82 Å². The van der Waals surface area contributed by atoms with Crippen LogP contribution in [-0.2, 0) is 6.54 Å². The van der Waals surface area contributed by atoms with E-state index in [4.69, 9.17) is 4.52 Å². The fourth-order valence-corrected chi connectivity index (χ4v) is 3.91. The number of rotatable bonds is 3. The number of pyridine rings is 1. The summed E-state index contributed by atoms with van der Waals surface area (Å²) in [5.41, 5.74) is 2.22. The van der Waals surface area contributed by atoms with Crippen molar-refractivity contribution in [1.29, 1.82) is 0 Å². The van der Waals surface area contributed by atoms with Crippen molar-refractivity contribution in [2.75, 3.05) is 31.1 Å². The molecule has 0 amide bonds. The molecule has 2 aliphatic rings. The molecule has 0 spiro atoms. The van der Waals surface area contributed by atoms with E-state index in [1.807, 2.05) is 13.8 Å². The number of hydrogen-bond donors (Lipinski definition) is 0. The van der Waals surface area contributed by atoms with Crippen LogP contribution in [0.15, 0.2) is 22.9 Å². The Kier molecular flexibility index (Phi) is 3.56. The lowest BCUT2D eigenvalue weighted by atomic mass is 10.0. The molecule has 2 atom stereocenters. The van der Waals surface area contributed by atoms with Crippen molar-refractivity contribution < 1.29 is 8.91 Å². The highest BCUT2D eigenvalue weighted by Gasteiger charge is 2.40. The van der Waals surface area contributed by atoms with Gasteiger partial charge in [-0.25, -0.2) is 9.37 Å². The van der Waals surface area contributed by atoms with Gasteiger partial charge in [-0.05, 0) is 37.8 Å². The third kappa shape index (κ3) is 2.72. The largest absolute Gasteiger partial charge is 0.361 e. The molecule has 2 unspecified atom stereocenters. The van der Waals surface area contributed by atoms with E-state index < -0.39 is 0 Å². The van der Waals surface area contributed by atoms with Crippen LogP contribution in [0.4, 0.5) is 10.2 Å². The number of aromatic nitrogens is 2. The van der Waals surface area contributed by atoms with Crippen molar-refractivity contribution in [3.8, 4) is 0 Å². The zero-order valence-corrected chi connectivity index (χ0v) is 13.5. The first-order chi connectivity index (χ1) is 11.1. The summed E-state index contributed by atoms with van der Waals surface area (Å²) in [7, 11) is 0. The molecule has 2 saturated heterocycles. The summed E-state index contributed by atoms with van der Waals surface area (Å²) in [6.07, 6.45) is 1.30. The van der Waals surface area contributed by atoms with Gasteiger partial charge in [0.05, 0.1) is 11.9 Å². The molecule has 4 rings (SSSR count). The lowest BCUT2D eigenvalue weighted by Crippen LogP contribution is -2.29. The van der Waals surface area contributed by atoms with Gasteiger partial charge in [0.25, 0.3) is 0 Å². The van der Waals surface area contributed by atoms with E-state index >= 15 is 0 Å². The maximum absolute atomic E-state index is 13.0. The predicted octanol–water partition coefficient (Wildman–Crippen LogP) is 2.39. The van der Waals surface area contributed by atoms with E-state index in [1.54, 1.807) is 6.07 Å². The van der Waals surface area contributed by atoms with Gasteiger partial charge in [0.2, 0.25) is 0 Å². The van der Waals surface area contributed by atoms with Crippen LogP contribution >= 0.6 is 0 Å². The lowest BCUT2D eigenvalue weighted by molar-refractivity contribution is 0.305. The van der Waals surface area contributed by atoms with Gasteiger partial charge in [0, 0.05) is 38.3 Å². The van der Waals surface area contributed by atoms with Gasteiger partial charge in [-0.1, -0.05) is 5.16 Å². The Morgan fingerprint density at radius 3 is 2.48 bits per heavy atom. The molecule has 0 N–H and O–H groups in total. The summed E-state index contributed by atoms with van der Waals surface area (Å²) < 4.78 is 18.3. The highest BCUT2D eigenvalue weighted by Crippen LogP contribution is 2.34. The van der Waals surface area contributed by atoms with E-state index in [9.17, 15) is 4.39 Å². The third-order valence-electron chi connectivity index (χ3n) is 5.16. The van der Waals surface area contributed by atoms with Gasteiger partial charge < -0.3 is 9.42 Å². The number of fused-ring (bicyclic) bond motifs is 1. The average Bonchev–Trinajstić information content (AvgIpc) is 3.17. The monoisotopic (exact) mass is 316 g/mol. The molecule has 2 aromatic rings. The molecule has 0 saturated carbocycles. The number of anilines is 1. The number of halogens is 1. The minimum atomic E-state index is -0.279. The van der Waals surface area contributed by atoms with Crippen molar-refractivity contribution in [3.05, 3.63) is 41.2 Å². The van der Waals surface area contributed by atoms with Crippen LogP contribution in [0.5, 0.6) is 0 Å². The minimum Gasteiger partial charge on any atom is -0.361 e. The van der Waals surface area contributed by atoms with Crippen molar-refractivity contribution in [1.82, 2.24) is 15.0 Å². The van der Waals surface area contributed by atoms with E-state index in [2.05, 4.69) is 19.9 Å². The fourth-order valence-electron chi connectivity index (χ4n) is 3.91. The number of likely N-dealkylation sites (tertiary alicyclic amines) is 1. The standard InChI is InChI=1S/C17H21FN4O/c1-11-16(12(2)23-20-11)10-21-6-13-8-22(9-14(13)7-21)17-4-3-15(18)5-19-17/h3-5,13-14H,6-10H2,1-2H3. The molecular weight excluding hydrogens is 295 g/mol. The smallest absolute Gasteiger partial charge is 0.141 e. The first-order valence-electron chi connectivity index (χ1n) is 8.11. The molecule has 2 aromatic heterocycles. The highest BCUT2D eigenvalue weighted by molar-refractivity contribution is 5.40. The molecule has 0 aromatic carbocycles. The molecule has 0 aliphatic carbocycles. The Labute approximate surface area is 135 Å². The van der Waals surface area contributed by atoms with Crippen molar-refractivity contribution >= 4 is 5.82 Å². The molecule has 0 radical (unpaired) electrons. The second-order valence-corrected chi connectivity index (χ2v) is 6.76. The van der Waals surface area contributed by atoms with Crippen LogP contribution in [0.25, 0.3) is 0 Å². The Morgan fingerprint density at radius 1 is 1.17 bits per heavy atom. The second-order valence-electron chi connectivity index (χ2n) is 6.76. The topological polar surface area (TPSA) is 45.4 Å². The Hall–Kier alpha value is -1.95. The fraction of sp³-hybridized carbons (Fsp3) is 0.529. The molecule has 5 nitrogen and oxygen atoms in total. The molecule has 23 heavy (non-hydrogen) atoms. The van der Waals surface area contributed by atoms with Gasteiger partial charge in [-0.2, -0.15) is 0 Å². The lowest BCUT2D eigenvalue weighted by Gasteiger charge is -2.22. The van der Waals surface area contributed by atoms with Crippen molar-refractivity contribution in [2.45, 2.75) is 20.4 Å². The van der Waals surface area contributed by atoms with Crippen molar-refractivity contribution in [2.24, 2.45) is 11.8 Å². The zero-order valence-electron chi connectivity index (χ0n) is 13.5. The number of hydrogen-bond acceptors (Lipinski definition) is 5. The quantitative estimate of drug-likeness (QED) is 0.870. The van der Waals surface area contributed by atoms with Crippen LogP contribution in [0, 0.1) is 31.5 Å². The van der Waals surface area contributed by atoms with Crippen LogP contribution in [0.1, 0.15) is 17.0 Å². The van der Waals surface area contributed by atoms with Gasteiger partial charge >= 0.3 is 0 Å². The van der Waals surface area contributed by atoms with E-state index in [1.165, 1.54) is 17.8 Å². The van der Waals surface area contributed by atoms with Gasteiger partial charge in [0.1, 0.15) is 17.4 Å². The zero-order chi connectivity index (χ0) is 16.0. The molecule has 6 heteroatoms. The first-order valence-corrected chi connectivity index (χ1v) is 8.11. The minimum absolute atomic E-state index is 0.279. The van der Waals surface area contributed by atoms with Crippen LogP contribution < -0.4 is 4.90 Å². The maximum Gasteiger partial charge on any atom is 0.141 e. The molecule has 4 heterocycles. The normalized spacial score (nSPS) is 24.4. The molecule has 2 aliphatic heterocycles. The van der Waals surface area contributed by atoms with Crippen LogP contribution in [0.2, 0.25) is 0 Å². The highest BCUT2D eigenvalue weighted by atomic mass is 19.1. The van der Waals surface area contributed by atoms with E-state index in [0.29, 0.717) is 11.8 Å². The van der Waals surface area contributed by atoms with Gasteiger partial charge in [-0.3, -0.25) is 4.90 Å². The summed E-state index contributed by atoms with van der Waals surface area (Å²) in [6.45, 7) is 9.09. The van der Waals surface area contributed by atoms with E-state index in [0.717, 1.165) is 50.0 Å². The molecule has 0 bridgehead atoms. The van der Waals surface area contributed by atoms with Gasteiger partial charge in [-0.15, -0.1) is 0 Å². The maximum atomic E-state index is 13.0. The third-order valence-corrected chi connectivity index (χ3v) is 5.16. The molecule has 122 valence electrons. The summed E-state index contributed by atoms with van der Waals surface area (Å²) in [4.78, 5) is 8.98. The molecule has 2 fully saturated rings. The summed E-state index contributed by atoms with van der Waals surface area (Å²) >= 11 is 0. The number of aryl methyl sites for hydroxylation is 2. The molecular formula is C17H21FN4O.